The van der Waals surface area contributed by atoms with Gasteiger partial charge in [-0.1, -0.05) is 27.7 Å². The molecule has 80 valence electrons. The highest BCUT2D eigenvalue weighted by molar-refractivity contribution is 5.16. The second-order valence-corrected chi connectivity index (χ2v) is 7.18. The molecule has 3 rings (SSSR count). The smallest absolute Gasteiger partial charge is 0.0240 e. The number of hydrogen-bond donors (Lipinski definition) is 0. The van der Waals surface area contributed by atoms with Crippen molar-refractivity contribution < 1.29 is 0 Å². The van der Waals surface area contributed by atoms with Gasteiger partial charge >= 0.3 is 0 Å². The molecule has 0 heteroatoms. The van der Waals surface area contributed by atoms with E-state index in [0.717, 1.165) is 29.1 Å². The average molecular weight is 192 g/mol. The first-order chi connectivity index (χ1) is 6.45. The fourth-order valence-corrected chi connectivity index (χ4v) is 4.17. The first-order valence-electron chi connectivity index (χ1n) is 6.45. The first kappa shape index (κ1) is 9.24. The van der Waals surface area contributed by atoms with Crippen molar-refractivity contribution in [2.75, 3.05) is 0 Å². The van der Waals surface area contributed by atoms with Crippen molar-refractivity contribution in [3.8, 4) is 0 Å². The molecule has 3 saturated carbocycles. The van der Waals surface area contributed by atoms with E-state index in [2.05, 4.69) is 27.7 Å². The Bertz CT molecular complexity index is 265. The van der Waals surface area contributed by atoms with Crippen molar-refractivity contribution in [3.63, 3.8) is 0 Å². The van der Waals surface area contributed by atoms with Crippen molar-refractivity contribution in [3.05, 3.63) is 0 Å². The van der Waals surface area contributed by atoms with Crippen LogP contribution in [0.5, 0.6) is 0 Å². The summed E-state index contributed by atoms with van der Waals surface area (Å²) in [6, 6.07) is 0. The summed E-state index contributed by atoms with van der Waals surface area (Å²) in [6.07, 6.45) is 6.14. The van der Waals surface area contributed by atoms with Gasteiger partial charge in [-0.2, -0.15) is 0 Å². The van der Waals surface area contributed by atoms with Crippen molar-refractivity contribution in [2.45, 2.75) is 53.4 Å². The Hall–Kier alpha value is 0. The molecule has 0 aromatic heterocycles. The van der Waals surface area contributed by atoms with Gasteiger partial charge in [0.25, 0.3) is 0 Å². The summed E-state index contributed by atoms with van der Waals surface area (Å²) in [7, 11) is 0. The van der Waals surface area contributed by atoms with Gasteiger partial charge in [-0.25, -0.2) is 0 Å². The quantitative estimate of drug-likeness (QED) is 0.618. The van der Waals surface area contributed by atoms with E-state index in [9.17, 15) is 0 Å². The zero-order valence-corrected chi connectivity index (χ0v) is 10.1. The zero-order valence-electron chi connectivity index (χ0n) is 10.1. The molecule has 3 fully saturated rings. The van der Waals surface area contributed by atoms with Crippen LogP contribution in [0.1, 0.15) is 53.4 Å². The van der Waals surface area contributed by atoms with Crippen LogP contribution in [-0.4, -0.2) is 0 Å². The maximum Gasteiger partial charge on any atom is -0.0240 e. The lowest BCUT2D eigenvalue weighted by molar-refractivity contribution is 0.135. The van der Waals surface area contributed by atoms with Crippen molar-refractivity contribution in [2.24, 2.45) is 34.5 Å². The van der Waals surface area contributed by atoms with Crippen molar-refractivity contribution in [1.29, 1.82) is 0 Å². The summed E-state index contributed by atoms with van der Waals surface area (Å²) in [5, 5.41) is 0. The van der Waals surface area contributed by atoms with Gasteiger partial charge in [0.05, 0.1) is 0 Å². The lowest BCUT2D eigenvalue weighted by Gasteiger charge is -2.35. The van der Waals surface area contributed by atoms with Crippen LogP contribution in [0.2, 0.25) is 0 Å². The molecule has 0 nitrogen and oxygen atoms in total. The zero-order chi connectivity index (χ0) is 10.1. The molecule has 0 saturated heterocycles. The van der Waals surface area contributed by atoms with Crippen molar-refractivity contribution >= 4 is 0 Å². The molecule has 5 atom stereocenters. The molecule has 0 amide bonds. The van der Waals surface area contributed by atoms with E-state index in [0.29, 0.717) is 5.41 Å². The summed E-state index contributed by atoms with van der Waals surface area (Å²) in [4.78, 5) is 0. The molecular formula is C14H24. The van der Waals surface area contributed by atoms with Crippen LogP contribution in [0.4, 0.5) is 0 Å². The van der Waals surface area contributed by atoms with Crippen LogP contribution < -0.4 is 0 Å². The molecule has 0 aromatic rings. The van der Waals surface area contributed by atoms with Gasteiger partial charge < -0.3 is 0 Å². The van der Waals surface area contributed by atoms with Crippen LogP contribution in [0.15, 0.2) is 0 Å². The minimum absolute atomic E-state index is 0.639. The molecule has 14 heavy (non-hydrogen) atoms. The summed E-state index contributed by atoms with van der Waals surface area (Å²) >= 11 is 0. The molecule has 0 radical (unpaired) electrons. The third-order valence-corrected chi connectivity index (χ3v) is 6.34. The normalized spacial score (nSPS) is 58.3. The summed E-state index contributed by atoms with van der Waals surface area (Å²) in [5.74, 6) is 4.29. The number of hydrogen-bond acceptors (Lipinski definition) is 0. The average Bonchev–Trinajstić information content (AvgIpc) is 2.91. The lowest BCUT2D eigenvalue weighted by Crippen LogP contribution is -2.28. The van der Waals surface area contributed by atoms with Crippen LogP contribution >= 0.6 is 0 Å². The van der Waals surface area contributed by atoms with Gasteiger partial charge in [-0.15, -0.1) is 0 Å². The molecule has 4 unspecified atom stereocenters. The van der Waals surface area contributed by atoms with Crippen LogP contribution in [-0.2, 0) is 0 Å². The highest BCUT2D eigenvalue weighted by Crippen LogP contribution is 2.75. The Morgan fingerprint density at radius 3 is 2.21 bits per heavy atom. The Labute approximate surface area is 88.5 Å². The fourth-order valence-electron chi connectivity index (χ4n) is 4.17. The second kappa shape index (κ2) is 2.39. The van der Waals surface area contributed by atoms with Gasteiger partial charge in [-0.3, -0.25) is 0 Å². The summed E-state index contributed by atoms with van der Waals surface area (Å²) in [6.45, 7) is 10.0. The third kappa shape index (κ3) is 1.01. The first-order valence-corrected chi connectivity index (χ1v) is 6.45. The molecule has 0 aromatic carbocycles. The topological polar surface area (TPSA) is 0 Å². The Balaban J connectivity index is 1.71. The van der Waals surface area contributed by atoms with Gasteiger partial charge in [0.15, 0.2) is 0 Å². The van der Waals surface area contributed by atoms with E-state index in [-0.39, 0.29) is 0 Å². The van der Waals surface area contributed by atoms with Crippen LogP contribution in [0.25, 0.3) is 0 Å². The molecule has 0 heterocycles. The number of fused-ring (bicyclic) bond motifs is 1. The van der Waals surface area contributed by atoms with E-state index in [4.69, 9.17) is 0 Å². The predicted molar refractivity (Wildman–Crippen MR) is 60.0 cm³/mol. The van der Waals surface area contributed by atoms with E-state index in [1.54, 1.807) is 12.8 Å². The van der Waals surface area contributed by atoms with Crippen LogP contribution in [0, 0.1) is 34.5 Å². The van der Waals surface area contributed by atoms with E-state index < -0.39 is 0 Å². The van der Waals surface area contributed by atoms with Gasteiger partial charge in [-0.05, 0) is 60.2 Å². The summed E-state index contributed by atoms with van der Waals surface area (Å²) in [5.41, 5.74) is 1.37. The SMILES string of the molecule is CC1CC1CC1CC2C[C@@]2(C)C1(C)C. The molecular weight excluding hydrogens is 168 g/mol. The van der Waals surface area contributed by atoms with E-state index >= 15 is 0 Å². The Morgan fingerprint density at radius 2 is 1.79 bits per heavy atom. The van der Waals surface area contributed by atoms with Crippen molar-refractivity contribution in [1.82, 2.24) is 0 Å². The standard InChI is InChI=1S/C14H24/c1-9-5-10(9)6-11-7-12-8-14(12,4)13(11,2)3/h9-12H,5-8H2,1-4H3/t9?,10?,11?,12?,14-/m1/s1. The minimum Gasteiger partial charge on any atom is -0.0622 e. The maximum absolute atomic E-state index is 2.54. The monoisotopic (exact) mass is 192 g/mol. The molecule has 0 bridgehead atoms. The molecule has 3 aliphatic carbocycles. The lowest BCUT2D eigenvalue weighted by atomic mass is 9.69. The highest BCUT2D eigenvalue weighted by atomic mass is 14.7. The highest BCUT2D eigenvalue weighted by Gasteiger charge is 2.67. The van der Waals surface area contributed by atoms with Crippen LogP contribution in [0.3, 0.4) is 0 Å². The Kier molecular flexibility index (Phi) is 1.58. The second-order valence-electron chi connectivity index (χ2n) is 7.18. The summed E-state index contributed by atoms with van der Waals surface area (Å²) < 4.78 is 0. The third-order valence-electron chi connectivity index (χ3n) is 6.34. The number of rotatable bonds is 2. The largest absolute Gasteiger partial charge is 0.0622 e. The van der Waals surface area contributed by atoms with Gasteiger partial charge in [0.2, 0.25) is 0 Å². The molecule has 0 aliphatic heterocycles. The van der Waals surface area contributed by atoms with Gasteiger partial charge in [0, 0.05) is 0 Å². The molecule has 0 spiro atoms. The van der Waals surface area contributed by atoms with E-state index in [1.807, 2.05) is 0 Å². The molecule has 0 N–H and O–H groups in total. The van der Waals surface area contributed by atoms with E-state index in [1.165, 1.54) is 12.8 Å². The Morgan fingerprint density at radius 1 is 1.14 bits per heavy atom. The maximum atomic E-state index is 2.54. The minimum atomic E-state index is 0.639. The molecule has 3 aliphatic rings. The van der Waals surface area contributed by atoms with Gasteiger partial charge in [0.1, 0.15) is 0 Å². The fraction of sp³-hybridized carbons (Fsp3) is 1.00. The predicted octanol–water partition coefficient (Wildman–Crippen LogP) is 4.10.